The Balaban J connectivity index is 2.01. The summed E-state index contributed by atoms with van der Waals surface area (Å²) in [7, 11) is 0. The van der Waals surface area contributed by atoms with Crippen LogP contribution in [0.3, 0.4) is 0 Å². The fourth-order valence-corrected chi connectivity index (χ4v) is 2.91. The van der Waals surface area contributed by atoms with Crippen LogP contribution in [0.1, 0.15) is 30.9 Å². The lowest BCUT2D eigenvalue weighted by atomic mass is 9.88. The zero-order chi connectivity index (χ0) is 12.3. The van der Waals surface area contributed by atoms with Gasteiger partial charge in [0, 0.05) is 16.6 Å². The van der Waals surface area contributed by atoms with Crippen LogP contribution in [-0.4, -0.2) is 23.8 Å². The second-order valence-electron chi connectivity index (χ2n) is 4.81. The molecule has 2 rings (SSSR count). The van der Waals surface area contributed by atoms with E-state index in [0.717, 1.165) is 19.3 Å². The van der Waals surface area contributed by atoms with Crippen molar-refractivity contribution in [3.05, 3.63) is 33.8 Å². The van der Waals surface area contributed by atoms with Gasteiger partial charge in [0.15, 0.2) is 0 Å². The third-order valence-corrected chi connectivity index (χ3v) is 4.07. The number of nitrogens with one attached hydrogen (secondary N) is 1. The van der Waals surface area contributed by atoms with Gasteiger partial charge in [-0.05, 0) is 48.9 Å². The van der Waals surface area contributed by atoms with E-state index in [4.69, 9.17) is 0 Å². The van der Waals surface area contributed by atoms with E-state index in [0.29, 0.717) is 6.04 Å². The Bertz CT molecular complexity index is 376. The number of hydrogen-bond donors (Lipinski definition) is 2. The summed E-state index contributed by atoms with van der Waals surface area (Å²) in [6.07, 6.45) is 4.37. The quantitative estimate of drug-likeness (QED) is 0.896. The molecule has 0 bridgehead atoms. The van der Waals surface area contributed by atoms with E-state index >= 15 is 0 Å². The molecule has 1 aromatic carbocycles. The Morgan fingerprint density at radius 2 is 2.29 bits per heavy atom. The summed E-state index contributed by atoms with van der Waals surface area (Å²) in [5, 5.41) is 12.8. The van der Waals surface area contributed by atoms with Gasteiger partial charge in [-0.15, -0.1) is 0 Å². The van der Waals surface area contributed by atoms with E-state index in [1.54, 1.807) is 0 Å². The summed E-state index contributed by atoms with van der Waals surface area (Å²) in [5.74, 6) is 0. The molecule has 3 heteroatoms. The molecule has 1 aliphatic carbocycles. The molecule has 0 aliphatic heterocycles. The fourth-order valence-electron chi connectivity index (χ4n) is 2.50. The van der Waals surface area contributed by atoms with Gasteiger partial charge in [-0.2, -0.15) is 0 Å². The fraction of sp³-hybridized carbons (Fsp3) is 0.571. The van der Waals surface area contributed by atoms with Crippen molar-refractivity contribution in [2.75, 3.05) is 6.61 Å². The molecule has 0 spiro atoms. The van der Waals surface area contributed by atoms with E-state index in [-0.39, 0.29) is 12.6 Å². The third-order valence-electron chi connectivity index (χ3n) is 3.58. The lowest BCUT2D eigenvalue weighted by Crippen LogP contribution is -2.43. The number of halogens is 1. The number of aliphatic hydroxyl groups excluding tert-OH is 1. The van der Waals surface area contributed by atoms with E-state index in [1.807, 2.05) is 0 Å². The normalized spacial score (nSPS) is 21.0. The Kier molecular flexibility index (Phi) is 4.60. The van der Waals surface area contributed by atoms with Crippen LogP contribution in [-0.2, 0) is 12.8 Å². The predicted octanol–water partition coefficient (Wildman–Crippen LogP) is 2.67. The first-order valence-corrected chi connectivity index (χ1v) is 7.16. The van der Waals surface area contributed by atoms with Gasteiger partial charge in [-0.1, -0.05) is 28.9 Å². The average Bonchev–Trinajstić information content (AvgIpc) is 2.36. The van der Waals surface area contributed by atoms with Gasteiger partial charge in [-0.25, -0.2) is 0 Å². The van der Waals surface area contributed by atoms with Crippen LogP contribution >= 0.6 is 15.9 Å². The van der Waals surface area contributed by atoms with Crippen LogP contribution in [0.2, 0.25) is 0 Å². The van der Waals surface area contributed by atoms with Crippen LogP contribution in [0, 0.1) is 0 Å². The summed E-state index contributed by atoms with van der Waals surface area (Å²) in [6, 6.07) is 7.32. The highest BCUT2D eigenvalue weighted by molar-refractivity contribution is 9.10. The maximum atomic E-state index is 9.22. The minimum Gasteiger partial charge on any atom is -0.395 e. The standard InChI is InChI=1S/C14H20BrNO/c1-2-13(9-17)16-14-6-4-10-7-12(15)5-3-11(10)8-14/h3,5,7,13-14,16-17H,2,4,6,8-9H2,1H3/t13-,14?/m1/s1. The summed E-state index contributed by atoms with van der Waals surface area (Å²) in [4.78, 5) is 0. The lowest BCUT2D eigenvalue weighted by Gasteiger charge is -2.29. The van der Waals surface area contributed by atoms with Gasteiger partial charge in [0.25, 0.3) is 0 Å². The van der Waals surface area contributed by atoms with Crippen LogP contribution in [0.15, 0.2) is 22.7 Å². The highest BCUT2D eigenvalue weighted by Gasteiger charge is 2.20. The number of aliphatic hydroxyl groups is 1. The Morgan fingerprint density at radius 3 is 3.00 bits per heavy atom. The van der Waals surface area contributed by atoms with Crippen molar-refractivity contribution in [3.8, 4) is 0 Å². The van der Waals surface area contributed by atoms with Gasteiger partial charge < -0.3 is 10.4 Å². The molecule has 2 atom stereocenters. The second kappa shape index (κ2) is 5.98. The van der Waals surface area contributed by atoms with Crippen LogP contribution in [0.25, 0.3) is 0 Å². The third kappa shape index (κ3) is 3.30. The van der Waals surface area contributed by atoms with Crippen LogP contribution in [0.4, 0.5) is 0 Å². The van der Waals surface area contributed by atoms with Gasteiger partial charge in [0.1, 0.15) is 0 Å². The van der Waals surface area contributed by atoms with Crippen molar-refractivity contribution < 1.29 is 5.11 Å². The summed E-state index contributed by atoms with van der Waals surface area (Å²) < 4.78 is 1.17. The maximum Gasteiger partial charge on any atom is 0.0584 e. The Hall–Kier alpha value is -0.380. The summed E-state index contributed by atoms with van der Waals surface area (Å²) in [6.45, 7) is 2.35. The molecule has 0 aromatic heterocycles. The first kappa shape index (κ1) is 13.1. The Morgan fingerprint density at radius 1 is 1.47 bits per heavy atom. The molecule has 0 radical (unpaired) electrons. The molecule has 2 N–H and O–H groups in total. The van der Waals surface area contributed by atoms with Crippen LogP contribution in [0.5, 0.6) is 0 Å². The van der Waals surface area contributed by atoms with Crippen molar-refractivity contribution in [1.29, 1.82) is 0 Å². The Labute approximate surface area is 112 Å². The number of aryl methyl sites for hydroxylation is 1. The van der Waals surface area contributed by atoms with E-state index in [2.05, 4.69) is 46.4 Å². The van der Waals surface area contributed by atoms with Gasteiger partial charge in [-0.3, -0.25) is 0 Å². The zero-order valence-electron chi connectivity index (χ0n) is 10.2. The number of fused-ring (bicyclic) bond motifs is 1. The molecule has 1 aliphatic rings. The minimum absolute atomic E-state index is 0.236. The van der Waals surface area contributed by atoms with Crippen molar-refractivity contribution >= 4 is 15.9 Å². The molecule has 0 amide bonds. The van der Waals surface area contributed by atoms with Crippen molar-refractivity contribution in [2.24, 2.45) is 0 Å². The number of rotatable bonds is 4. The molecule has 17 heavy (non-hydrogen) atoms. The first-order valence-electron chi connectivity index (χ1n) is 6.37. The predicted molar refractivity (Wildman–Crippen MR) is 74.3 cm³/mol. The molecule has 2 nitrogen and oxygen atoms in total. The van der Waals surface area contributed by atoms with Crippen molar-refractivity contribution in [1.82, 2.24) is 5.32 Å². The molecule has 0 saturated heterocycles. The number of hydrogen-bond acceptors (Lipinski definition) is 2. The summed E-state index contributed by atoms with van der Waals surface area (Å²) in [5.41, 5.74) is 2.92. The molecule has 0 saturated carbocycles. The molecule has 0 heterocycles. The molecule has 1 aromatic rings. The molecule has 0 fully saturated rings. The monoisotopic (exact) mass is 297 g/mol. The molecular formula is C14H20BrNO. The van der Waals surface area contributed by atoms with Gasteiger partial charge in [0.2, 0.25) is 0 Å². The van der Waals surface area contributed by atoms with E-state index in [1.165, 1.54) is 22.0 Å². The smallest absolute Gasteiger partial charge is 0.0584 e. The van der Waals surface area contributed by atoms with E-state index < -0.39 is 0 Å². The molecule has 1 unspecified atom stereocenters. The highest BCUT2D eigenvalue weighted by atomic mass is 79.9. The molecular weight excluding hydrogens is 278 g/mol. The topological polar surface area (TPSA) is 32.3 Å². The van der Waals surface area contributed by atoms with Gasteiger partial charge in [0.05, 0.1) is 6.61 Å². The van der Waals surface area contributed by atoms with E-state index in [9.17, 15) is 5.11 Å². The van der Waals surface area contributed by atoms with Gasteiger partial charge >= 0.3 is 0 Å². The summed E-state index contributed by atoms with van der Waals surface area (Å²) >= 11 is 3.52. The number of benzene rings is 1. The minimum atomic E-state index is 0.236. The second-order valence-corrected chi connectivity index (χ2v) is 5.72. The van der Waals surface area contributed by atoms with Crippen LogP contribution < -0.4 is 5.32 Å². The zero-order valence-corrected chi connectivity index (χ0v) is 11.8. The van der Waals surface area contributed by atoms with Crippen molar-refractivity contribution in [2.45, 2.75) is 44.7 Å². The highest BCUT2D eigenvalue weighted by Crippen LogP contribution is 2.25. The molecule has 94 valence electrons. The largest absolute Gasteiger partial charge is 0.395 e. The van der Waals surface area contributed by atoms with Crippen molar-refractivity contribution in [3.63, 3.8) is 0 Å². The average molecular weight is 298 g/mol. The lowest BCUT2D eigenvalue weighted by molar-refractivity contribution is 0.223. The first-order chi connectivity index (χ1) is 8.22. The SMILES string of the molecule is CC[C@H](CO)NC1CCc2cc(Br)ccc2C1. The maximum absolute atomic E-state index is 9.22.